The Morgan fingerprint density at radius 3 is 2.62 bits per heavy atom. The highest BCUT2D eigenvalue weighted by Crippen LogP contribution is 2.16. The maximum atomic E-state index is 12.3. The number of sulfonamides is 1. The predicted octanol–water partition coefficient (Wildman–Crippen LogP) is 2.39. The fraction of sp³-hybridized carbons (Fsp3) is 0.235. The van der Waals surface area contributed by atoms with Gasteiger partial charge in [0.15, 0.2) is 0 Å². The summed E-state index contributed by atoms with van der Waals surface area (Å²) < 4.78 is 30.5. The van der Waals surface area contributed by atoms with Gasteiger partial charge in [0, 0.05) is 17.6 Å². The summed E-state index contributed by atoms with van der Waals surface area (Å²) in [5.74, 6) is 0.522. The number of aromatic amines is 1. The van der Waals surface area contributed by atoms with E-state index in [2.05, 4.69) is 4.98 Å². The number of aromatic nitrogens is 1. The normalized spacial score (nSPS) is 12.1. The predicted molar refractivity (Wildman–Crippen MR) is 92.1 cm³/mol. The quantitative estimate of drug-likeness (QED) is 0.769. The van der Waals surface area contributed by atoms with Crippen molar-refractivity contribution < 1.29 is 12.8 Å². The zero-order valence-electron chi connectivity index (χ0n) is 13.4. The standard InChI is InChI=1S/C17H18N2O4S/c1-12-5-6-13-9-14(17(20)18-16(13)8-12)10-19(24(2,21)22)11-15-4-3-7-23-15/h3-9H,10-11H2,1-2H3,(H,18,20). The topological polar surface area (TPSA) is 83.4 Å². The van der Waals surface area contributed by atoms with Gasteiger partial charge in [-0.05, 0) is 42.1 Å². The Labute approximate surface area is 139 Å². The van der Waals surface area contributed by atoms with E-state index in [9.17, 15) is 13.2 Å². The lowest BCUT2D eigenvalue weighted by Crippen LogP contribution is -2.31. The number of nitrogens with one attached hydrogen (secondary N) is 1. The largest absolute Gasteiger partial charge is 0.468 e. The Balaban J connectivity index is 1.97. The van der Waals surface area contributed by atoms with Gasteiger partial charge in [-0.1, -0.05) is 12.1 Å². The number of pyridine rings is 1. The molecular formula is C17H18N2O4S. The minimum atomic E-state index is -3.50. The summed E-state index contributed by atoms with van der Waals surface area (Å²) in [5, 5.41) is 0.863. The summed E-state index contributed by atoms with van der Waals surface area (Å²) in [6.45, 7) is 2.01. The van der Waals surface area contributed by atoms with Crippen LogP contribution in [0.15, 0.2) is 51.9 Å². The summed E-state index contributed by atoms with van der Waals surface area (Å²) in [4.78, 5) is 15.1. The molecule has 0 aliphatic rings. The van der Waals surface area contributed by atoms with Crippen LogP contribution in [0.25, 0.3) is 10.9 Å². The van der Waals surface area contributed by atoms with Crippen molar-refractivity contribution in [3.05, 3.63) is 69.9 Å². The van der Waals surface area contributed by atoms with Gasteiger partial charge < -0.3 is 9.40 Å². The fourth-order valence-corrected chi connectivity index (χ4v) is 3.27. The molecule has 6 nitrogen and oxygen atoms in total. The van der Waals surface area contributed by atoms with Crippen LogP contribution in [0.5, 0.6) is 0 Å². The number of nitrogens with zero attached hydrogens (tertiary/aromatic N) is 1. The molecule has 24 heavy (non-hydrogen) atoms. The molecule has 0 atom stereocenters. The van der Waals surface area contributed by atoms with Crippen molar-refractivity contribution in [2.45, 2.75) is 20.0 Å². The van der Waals surface area contributed by atoms with Crippen LogP contribution in [-0.4, -0.2) is 24.0 Å². The molecule has 2 heterocycles. The molecule has 0 saturated carbocycles. The molecule has 3 rings (SSSR count). The molecule has 0 radical (unpaired) electrons. The first-order valence-corrected chi connectivity index (χ1v) is 9.28. The molecule has 126 valence electrons. The Morgan fingerprint density at radius 2 is 1.96 bits per heavy atom. The molecule has 3 aromatic rings. The number of hydrogen-bond acceptors (Lipinski definition) is 4. The fourth-order valence-electron chi connectivity index (χ4n) is 2.53. The van der Waals surface area contributed by atoms with E-state index in [0.717, 1.165) is 22.7 Å². The highest BCUT2D eigenvalue weighted by Gasteiger charge is 2.20. The second kappa shape index (κ2) is 6.26. The molecule has 0 amide bonds. The summed E-state index contributed by atoms with van der Waals surface area (Å²) in [6, 6.07) is 10.9. The van der Waals surface area contributed by atoms with Crippen molar-refractivity contribution >= 4 is 20.9 Å². The van der Waals surface area contributed by atoms with Crippen LogP contribution in [0.4, 0.5) is 0 Å². The number of fused-ring (bicyclic) bond motifs is 1. The van der Waals surface area contributed by atoms with Gasteiger partial charge in [-0.2, -0.15) is 4.31 Å². The average molecular weight is 346 g/mol. The molecule has 0 aliphatic heterocycles. The molecule has 0 fully saturated rings. The van der Waals surface area contributed by atoms with Crippen molar-refractivity contribution in [2.24, 2.45) is 0 Å². The monoisotopic (exact) mass is 346 g/mol. The first kappa shape index (κ1) is 16.5. The van der Waals surface area contributed by atoms with Gasteiger partial charge in [-0.15, -0.1) is 0 Å². The van der Waals surface area contributed by atoms with E-state index in [1.807, 2.05) is 25.1 Å². The molecule has 0 spiro atoms. The summed E-state index contributed by atoms with van der Waals surface area (Å²) in [7, 11) is -3.50. The molecule has 0 unspecified atom stereocenters. The smallest absolute Gasteiger partial charge is 0.252 e. The van der Waals surface area contributed by atoms with E-state index in [1.165, 1.54) is 10.6 Å². The van der Waals surface area contributed by atoms with E-state index >= 15 is 0 Å². The third kappa shape index (κ3) is 3.58. The Hall–Kier alpha value is -2.38. The molecule has 0 aliphatic carbocycles. The minimum Gasteiger partial charge on any atom is -0.468 e. The minimum absolute atomic E-state index is 0.0152. The molecular weight excluding hydrogens is 328 g/mol. The summed E-state index contributed by atoms with van der Waals surface area (Å²) in [5.41, 5.74) is 1.88. The van der Waals surface area contributed by atoms with Crippen LogP contribution < -0.4 is 5.56 Å². The SMILES string of the molecule is Cc1ccc2cc(CN(Cc3ccco3)S(C)(=O)=O)c(=O)[nH]c2c1. The van der Waals surface area contributed by atoms with Crippen LogP contribution in [0.3, 0.4) is 0 Å². The van der Waals surface area contributed by atoms with Gasteiger partial charge in [0.05, 0.1) is 19.1 Å². The van der Waals surface area contributed by atoms with Gasteiger partial charge in [-0.25, -0.2) is 8.42 Å². The summed E-state index contributed by atoms with van der Waals surface area (Å²) >= 11 is 0. The number of rotatable bonds is 5. The first-order valence-electron chi connectivity index (χ1n) is 7.43. The zero-order valence-corrected chi connectivity index (χ0v) is 14.3. The van der Waals surface area contributed by atoms with Crippen LogP contribution in [-0.2, 0) is 23.1 Å². The summed E-state index contributed by atoms with van der Waals surface area (Å²) in [6.07, 6.45) is 2.61. The maximum absolute atomic E-state index is 12.3. The number of benzene rings is 1. The molecule has 1 N–H and O–H groups in total. The number of H-pyrrole nitrogens is 1. The molecule has 0 saturated heterocycles. The Kier molecular flexibility index (Phi) is 4.29. The zero-order chi connectivity index (χ0) is 17.3. The van der Waals surface area contributed by atoms with Crippen molar-refractivity contribution in [1.82, 2.24) is 9.29 Å². The van der Waals surface area contributed by atoms with Gasteiger partial charge in [-0.3, -0.25) is 4.79 Å². The van der Waals surface area contributed by atoms with Crippen LogP contribution in [0.2, 0.25) is 0 Å². The van der Waals surface area contributed by atoms with E-state index in [1.54, 1.807) is 18.2 Å². The molecule has 2 aromatic heterocycles. The highest BCUT2D eigenvalue weighted by molar-refractivity contribution is 7.88. The van der Waals surface area contributed by atoms with Crippen LogP contribution in [0, 0.1) is 6.92 Å². The number of furan rings is 1. The Bertz CT molecular complexity index is 1020. The van der Waals surface area contributed by atoms with Gasteiger partial charge in [0.25, 0.3) is 5.56 Å². The third-order valence-electron chi connectivity index (χ3n) is 3.81. The lowest BCUT2D eigenvalue weighted by Gasteiger charge is -2.18. The first-order chi connectivity index (χ1) is 11.3. The average Bonchev–Trinajstić information content (AvgIpc) is 2.99. The number of hydrogen-bond donors (Lipinski definition) is 1. The lowest BCUT2D eigenvalue weighted by atomic mass is 10.1. The Morgan fingerprint density at radius 1 is 1.17 bits per heavy atom. The third-order valence-corrected chi connectivity index (χ3v) is 5.00. The van der Waals surface area contributed by atoms with E-state index in [4.69, 9.17) is 4.42 Å². The number of aryl methyl sites for hydroxylation is 1. The van der Waals surface area contributed by atoms with Crippen LogP contribution >= 0.6 is 0 Å². The van der Waals surface area contributed by atoms with E-state index in [-0.39, 0.29) is 18.6 Å². The van der Waals surface area contributed by atoms with Crippen molar-refractivity contribution in [3.63, 3.8) is 0 Å². The van der Waals surface area contributed by atoms with E-state index < -0.39 is 10.0 Å². The van der Waals surface area contributed by atoms with Crippen molar-refractivity contribution in [2.75, 3.05) is 6.26 Å². The highest BCUT2D eigenvalue weighted by atomic mass is 32.2. The van der Waals surface area contributed by atoms with Gasteiger partial charge in [0.1, 0.15) is 5.76 Å². The molecule has 0 bridgehead atoms. The maximum Gasteiger partial charge on any atom is 0.252 e. The van der Waals surface area contributed by atoms with Crippen molar-refractivity contribution in [1.29, 1.82) is 0 Å². The molecule has 7 heteroatoms. The van der Waals surface area contributed by atoms with E-state index in [0.29, 0.717) is 11.3 Å². The van der Waals surface area contributed by atoms with Crippen LogP contribution in [0.1, 0.15) is 16.9 Å². The van der Waals surface area contributed by atoms with Gasteiger partial charge in [0.2, 0.25) is 10.0 Å². The molecule has 1 aromatic carbocycles. The second-order valence-electron chi connectivity index (χ2n) is 5.82. The second-order valence-corrected chi connectivity index (χ2v) is 7.81. The van der Waals surface area contributed by atoms with Gasteiger partial charge >= 0.3 is 0 Å². The lowest BCUT2D eigenvalue weighted by molar-refractivity contribution is 0.360. The van der Waals surface area contributed by atoms with Crippen molar-refractivity contribution in [3.8, 4) is 0 Å².